The Kier molecular flexibility index (Phi) is 4.11. The molecule has 1 aliphatic heterocycles. The highest BCUT2D eigenvalue weighted by Gasteiger charge is 2.31. The van der Waals surface area contributed by atoms with Gasteiger partial charge in [0.1, 0.15) is 0 Å². The number of halogens is 3. The van der Waals surface area contributed by atoms with Crippen LogP contribution in [0.1, 0.15) is 11.3 Å². The molecule has 0 spiro atoms. The van der Waals surface area contributed by atoms with Crippen LogP contribution < -0.4 is 9.80 Å². The molecule has 0 saturated carbocycles. The zero-order chi connectivity index (χ0) is 16.4. The molecule has 2 heterocycles. The van der Waals surface area contributed by atoms with Crippen LogP contribution in [0.5, 0.6) is 0 Å². The lowest BCUT2D eigenvalue weighted by atomic mass is 10.1. The van der Waals surface area contributed by atoms with Crippen LogP contribution in [0.2, 0.25) is 0 Å². The maximum atomic E-state index is 12.8. The second kappa shape index (κ2) is 6.06. The fraction of sp³-hybridized carbons (Fsp3) is 0.375. The second-order valence-corrected chi connectivity index (χ2v) is 5.52. The first-order valence-corrected chi connectivity index (χ1v) is 7.40. The van der Waals surface area contributed by atoms with Gasteiger partial charge in [0.2, 0.25) is 5.95 Å². The van der Waals surface area contributed by atoms with Crippen LogP contribution in [0, 0.1) is 6.92 Å². The van der Waals surface area contributed by atoms with Crippen LogP contribution in [0.25, 0.3) is 0 Å². The van der Waals surface area contributed by atoms with Crippen molar-refractivity contribution in [3.63, 3.8) is 0 Å². The number of hydrogen-bond acceptors (Lipinski definition) is 4. The fourth-order valence-electron chi connectivity index (χ4n) is 2.63. The van der Waals surface area contributed by atoms with Crippen molar-refractivity contribution < 1.29 is 13.2 Å². The summed E-state index contributed by atoms with van der Waals surface area (Å²) < 4.78 is 38.4. The summed E-state index contributed by atoms with van der Waals surface area (Å²) in [7, 11) is 0. The van der Waals surface area contributed by atoms with Gasteiger partial charge in [-0.3, -0.25) is 0 Å². The van der Waals surface area contributed by atoms with E-state index >= 15 is 0 Å². The van der Waals surface area contributed by atoms with E-state index in [2.05, 4.69) is 14.9 Å². The number of piperazine rings is 1. The maximum absolute atomic E-state index is 12.8. The molecule has 0 atom stereocenters. The van der Waals surface area contributed by atoms with Crippen LogP contribution in [-0.2, 0) is 6.18 Å². The molecule has 0 amide bonds. The van der Waals surface area contributed by atoms with Gasteiger partial charge in [0, 0.05) is 43.8 Å². The van der Waals surface area contributed by atoms with E-state index < -0.39 is 11.7 Å². The summed E-state index contributed by atoms with van der Waals surface area (Å²) in [5, 5.41) is 0. The highest BCUT2D eigenvalue weighted by Crippen LogP contribution is 2.32. The van der Waals surface area contributed by atoms with Gasteiger partial charge in [-0.1, -0.05) is 6.07 Å². The number of aryl methyl sites for hydroxylation is 1. The van der Waals surface area contributed by atoms with E-state index in [0.29, 0.717) is 37.8 Å². The van der Waals surface area contributed by atoms with Crippen molar-refractivity contribution in [3.8, 4) is 0 Å². The molecule has 122 valence electrons. The van der Waals surface area contributed by atoms with E-state index in [1.54, 1.807) is 12.3 Å². The summed E-state index contributed by atoms with van der Waals surface area (Å²) in [4.78, 5) is 12.7. The maximum Gasteiger partial charge on any atom is 0.416 e. The predicted molar refractivity (Wildman–Crippen MR) is 82.6 cm³/mol. The topological polar surface area (TPSA) is 32.3 Å². The monoisotopic (exact) mass is 322 g/mol. The van der Waals surface area contributed by atoms with Crippen LogP contribution in [0.15, 0.2) is 36.5 Å². The first-order chi connectivity index (χ1) is 10.9. The van der Waals surface area contributed by atoms with Crippen molar-refractivity contribution in [2.45, 2.75) is 13.1 Å². The first-order valence-electron chi connectivity index (χ1n) is 7.40. The molecule has 3 rings (SSSR count). The van der Waals surface area contributed by atoms with Gasteiger partial charge in [-0.25, -0.2) is 9.97 Å². The number of nitrogens with zero attached hydrogens (tertiary/aromatic N) is 4. The number of benzene rings is 1. The Bertz CT molecular complexity index is 679. The van der Waals surface area contributed by atoms with Gasteiger partial charge < -0.3 is 9.80 Å². The van der Waals surface area contributed by atoms with Crippen LogP contribution in [-0.4, -0.2) is 36.1 Å². The zero-order valence-corrected chi connectivity index (χ0v) is 12.7. The van der Waals surface area contributed by atoms with Crippen molar-refractivity contribution in [1.29, 1.82) is 0 Å². The van der Waals surface area contributed by atoms with E-state index in [1.807, 2.05) is 17.9 Å². The molecule has 0 aliphatic carbocycles. The molecule has 1 fully saturated rings. The predicted octanol–water partition coefficient (Wildman–Crippen LogP) is 3.13. The molecule has 0 unspecified atom stereocenters. The fourth-order valence-corrected chi connectivity index (χ4v) is 2.63. The van der Waals surface area contributed by atoms with Gasteiger partial charge >= 0.3 is 6.18 Å². The number of hydrogen-bond donors (Lipinski definition) is 0. The third-order valence-corrected chi connectivity index (χ3v) is 3.88. The number of alkyl halides is 3. The lowest BCUT2D eigenvalue weighted by molar-refractivity contribution is -0.137. The van der Waals surface area contributed by atoms with Crippen LogP contribution >= 0.6 is 0 Å². The Hall–Kier alpha value is -2.31. The lowest BCUT2D eigenvalue weighted by Crippen LogP contribution is -2.47. The molecular weight excluding hydrogens is 305 g/mol. The summed E-state index contributed by atoms with van der Waals surface area (Å²) >= 11 is 0. The Labute approximate surface area is 132 Å². The number of rotatable bonds is 2. The number of aromatic nitrogens is 2. The van der Waals surface area contributed by atoms with Crippen LogP contribution in [0.4, 0.5) is 24.8 Å². The second-order valence-electron chi connectivity index (χ2n) is 5.52. The molecule has 1 aromatic heterocycles. The van der Waals surface area contributed by atoms with Crippen molar-refractivity contribution >= 4 is 11.6 Å². The van der Waals surface area contributed by atoms with E-state index in [4.69, 9.17) is 0 Å². The summed E-state index contributed by atoms with van der Waals surface area (Å²) in [5.74, 6) is 0.675. The summed E-state index contributed by atoms with van der Waals surface area (Å²) in [5.41, 5.74) is 0.888. The van der Waals surface area contributed by atoms with Crippen LogP contribution in [0.3, 0.4) is 0 Å². The Morgan fingerprint density at radius 3 is 2.35 bits per heavy atom. The normalized spacial score (nSPS) is 15.8. The molecule has 7 heteroatoms. The zero-order valence-electron chi connectivity index (χ0n) is 12.7. The molecule has 4 nitrogen and oxygen atoms in total. The first kappa shape index (κ1) is 15.6. The molecular formula is C16H17F3N4. The third kappa shape index (κ3) is 3.55. The molecule has 1 aliphatic rings. The van der Waals surface area contributed by atoms with Crippen molar-refractivity contribution in [1.82, 2.24) is 9.97 Å². The van der Waals surface area contributed by atoms with Gasteiger partial charge in [0.05, 0.1) is 5.56 Å². The van der Waals surface area contributed by atoms with Gasteiger partial charge in [-0.05, 0) is 31.2 Å². The minimum absolute atomic E-state index is 0.602. The Balaban J connectivity index is 1.70. The minimum atomic E-state index is -4.31. The highest BCUT2D eigenvalue weighted by atomic mass is 19.4. The molecule has 0 bridgehead atoms. The molecule has 2 aromatic rings. The average molecular weight is 322 g/mol. The van der Waals surface area contributed by atoms with Crippen molar-refractivity contribution in [3.05, 3.63) is 47.8 Å². The van der Waals surface area contributed by atoms with Crippen molar-refractivity contribution in [2.24, 2.45) is 0 Å². The van der Waals surface area contributed by atoms with E-state index in [9.17, 15) is 13.2 Å². The minimum Gasteiger partial charge on any atom is -0.368 e. The summed E-state index contributed by atoms with van der Waals surface area (Å²) in [6.45, 7) is 4.54. The quantitative estimate of drug-likeness (QED) is 0.850. The van der Waals surface area contributed by atoms with E-state index in [0.717, 1.165) is 11.8 Å². The molecule has 0 N–H and O–H groups in total. The number of anilines is 2. The summed E-state index contributed by atoms with van der Waals surface area (Å²) in [6.07, 6.45) is -2.59. The Morgan fingerprint density at radius 2 is 1.70 bits per heavy atom. The summed E-state index contributed by atoms with van der Waals surface area (Å²) in [6, 6.07) is 7.31. The molecule has 0 radical (unpaired) electrons. The smallest absolute Gasteiger partial charge is 0.368 e. The van der Waals surface area contributed by atoms with Gasteiger partial charge in [-0.15, -0.1) is 0 Å². The Morgan fingerprint density at radius 1 is 1.00 bits per heavy atom. The highest BCUT2D eigenvalue weighted by molar-refractivity contribution is 5.51. The van der Waals surface area contributed by atoms with Gasteiger partial charge in [-0.2, -0.15) is 13.2 Å². The average Bonchev–Trinajstić information content (AvgIpc) is 2.54. The third-order valence-electron chi connectivity index (χ3n) is 3.88. The van der Waals surface area contributed by atoms with E-state index in [-0.39, 0.29) is 0 Å². The lowest BCUT2D eigenvalue weighted by Gasteiger charge is -2.36. The molecule has 1 aromatic carbocycles. The molecule has 1 saturated heterocycles. The molecule has 23 heavy (non-hydrogen) atoms. The van der Waals surface area contributed by atoms with Crippen molar-refractivity contribution in [2.75, 3.05) is 36.0 Å². The van der Waals surface area contributed by atoms with Gasteiger partial charge in [0.15, 0.2) is 0 Å². The van der Waals surface area contributed by atoms with E-state index in [1.165, 1.54) is 12.1 Å². The SMILES string of the molecule is Cc1ccnc(N2CCN(c3cccc(C(F)(F)F)c3)CC2)n1. The standard InChI is InChI=1S/C16H17F3N4/c1-12-5-6-20-15(21-12)23-9-7-22(8-10-23)14-4-2-3-13(11-14)16(17,18)19/h2-6,11H,7-10H2,1H3. The largest absolute Gasteiger partial charge is 0.416 e. The van der Waals surface area contributed by atoms with Gasteiger partial charge in [0.25, 0.3) is 0 Å².